The average Bonchev–Trinajstić information content (AvgIpc) is 2.83. The number of carbonyl (C=O) groups excluding carboxylic acids is 3. The van der Waals surface area contributed by atoms with Crippen LogP contribution >= 0.6 is 11.8 Å². The van der Waals surface area contributed by atoms with Gasteiger partial charge in [0.25, 0.3) is 0 Å². The van der Waals surface area contributed by atoms with Crippen molar-refractivity contribution in [1.29, 1.82) is 0 Å². The van der Waals surface area contributed by atoms with Crippen molar-refractivity contribution < 1.29 is 14.4 Å². The molecule has 24 heavy (non-hydrogen) atoms. The predicted molar refractivity (Wildman–Crippen MR) is 100 cm³/mol. The SMILES string of the molecule is CCCCCCC(=O)CCCCCN1C(=O)CC(SCCC)C1=O. The van der Waals surface area contributed by atoms with Gasteiger partial charge in [0.1, 0.15) is 5.78 Å². The first-order valence-corrected chi connectivity index (χ1v) is 10.6. The number of amides is 2. The molecule has 0 radical (unpaired) electrons. The zero-order valence-electron chi connectivity index (χ0n) is 15.3. The number of hydrogen-bond donors (Lipinski definition) is 0. The van der Waals surface area contributed by atoms with E-state index in [4.69, 9.17) is 0 Å². The summed E-state index contributed by atoms with van der Waals surface area (Å²) in [6, 6.07) is 0. The van der Waals surface area contributed by atoms with Gasteiger partial charge in [-0.15, -0.1) is 11.8 Å². The van der Waals surface area contributed by atoms with Crippen LogP contribution in [-0.4, -0.2) is 40.0 Å². The van der Waals surface area contributed by atoms with E-state index in [9.17, 15) is 14.4 Å². The Morgan fingerprint density at radius 3 is 2.29 bits per heavy atom. The summed E-state index contributed by atoms with van der Waals surface area (Å²) in [6.07, 6.45) is 9.89. The van der Waals surface area contributed by atoms with Crippen LogP contribution in [0.25, 0.3) is 0 Å². The number of thioether (sulfide) groups is 1. The Bertz CT molecular complexity index is 411. The van der Waals surface area contributed by atoms with Crippen LogP contribution in [-0.2, 0) is 14.4 Å². The summed E-state index contributed by atoms with van der Waals surface area (Å²) in [4.78, 5) is 37.3. The smallest absolute Gasteiger partial charge is 0.242 e. The molecule has 1 rings (SSSR count). The molecule has 0 aromatic heterocycles. The molecule has 5 heteroatoms. The minimum absolute atomic E-state index is 0.00884. The predicted octanol–water partition coefficient (Wildman–Crippen LogP) is 4.36. The molecule has 0 N–H and O–H groups in total. The summed E-state index contributed by atoms with van der Waals surface area (Å²) in [5.74, 6) is 1.25. The van der Waals surface area contributed by atoms with Crippen LogP contribution in [0.3, 0.4) is 0 Å². The van der Waals surface area contributed by atoms with E-state index in [-0.39, 0.29) is 17.1 Å². The summed E-state index contributed by atoms with van der Waals surface area (Å²) >= 11 is 1.60. The van der Waals surface area contributed by atoms with Crippen LogP contribution in [0.2, 0.25) is 0 Å². The lowest BCUT2D eigenvalue weighted by Crippen LogP contribution is -2.32. The normalized spacial score (nSPS) is 17.8. The second-order valence-corrected chi connectivity index (χ2v) is 7.92. The zero-order valence-corrected chi connectivity index (χ0v) is 16.2. The quantitative estimate of drug-likeness (QED) is 0.343. The highest BCUT2D eigenvalue weighted by molar-refractivity contribution is 8.00. The number of unbranched alkanes of at least 4 members (excludes halogenated alkanes) is 5. The zero-order chi connectivity index (χ0) is 17.8. The van der Waals surface area contributed by atoms with Crippen LogP contribution in [0.1, 0.15) is 84.5 Å². The first-order chi connectivity index (χ1) is 11.6. The average molecular weight is 356 g/mol. The molecule has 1 aliphatic heterocycles. The first-order valence-electron chi connectivity index (χ1n) is 9.57. The summed E-state index contributed by atoms with van der Waals surface area (Å²) in [6.45, 7) is 4.77. The van der Waals surface area contributed by atoms with Crippen molar-refractivity contribution in [3.8, 4) is 0 Å². The maximum Gasteiger partial charge on any atom is 0.242 e. The van der Waals surface area contributed by atoms with E-state index in [2.05, 4.69) is 13.8 Å². The molecule has 2 amide bonds. The monoisotopic (exact) mass is 355 g/mol. The van der Waals surface area contributed by atoms with E-state index >= 15 is 0 Å². The molecule has 1 atom stereocenters. The Kier molecular flexibility index (Phi) is 11.1. The van der Waals surface area contributed by atoms with E-state index in [0.29, 0.717) is 31.6 Å². The van der Waals surface area contributed by atoms with Gasteiger partial charge < -0.3 is 0 Å². The highest BCUT2D eigenvalue weighted by Crippen LogP contribution is 2.26. The Labute approximate surface area is 151 Å². The van der Waals surface area contributed by atoms with Gasteiger partial charge in [-0.2, -0.15) is 0 Å². The summed E-state index contributed by atoms with van der Waals surface area (Å²) in [5.41, 5.74) is 0. The highest BCUT2D eigenvalue weighted by atomic mass is 32.2. The molecule has 1 unspecified atom stereocenters. The number of rotatable bonds is 14. The second-order valence-electron chi connectivity index (χ2n) is 6.61. The van der Waals surface area contributed by atoms with E-state index in [1.54, 1.807) is 11.8 Å². The molecule has 0 saturated carbocycles. The Morgan fingerprint density at radius 2 is 1.67 bits per heavy atom. The van der Waals surface area contributed by atoms with Gasteiger partial charge in [-0.05, 0) is 31.4 Å². The van der Waals surface area contributed by atoms with Crippen LogP contribution in [0.5, 0.6) is 0 Å². The molecule has 0 aliphatic carbocycles. The minimum Gasteiger partial charge on any atom is -0.300 e. The van der Waals surface area contributed by atoms with Gasteiger partial charge in [0, 0.05) is 25.8 Å². The third kappa shape index (κ3) is 7.82. The van der Waals surface area contributed by atoms with Crippen molar-refractivity contribution in [3.05, 3.63) is 0 Å². The van der Waals surface area contributed by atoms with Crippen LogP contribution in [0, 0.1) is 0 Å². The third-order valence-corrected chi connectivity index (χ3v) is 5.79. The Balaban J connectivity index is 2.11. The number of ketones is 1. The molecular formula is C19H33NO3S. The molecule has 138 valence electrons. The topological polar surface area (TPSA) is 54.5 Å². The number of carbonyl (C=O) groups is 3. The fourth-order valence-corrected chi connectivity index (χ4v) is 3.97. The van der Waals surface area contributed by atoms with E-state index in [0.717, 1.165) is 44.3 Å². The molecule has 1 aliphatic rings. The fraction of sp³-hybridized carbons (Fsp3) is 0.842. The number of Topliss-reactive ketones (excluding diaryl/α,β-unsaturated/α-hetero) is 1. The van der Waals surface area contributed by atoms with Crippen molar-refractivity contribution in [2.24, 2.45) is 0 Å². The summed E-state index contributed by atoms with van der Waals surface area (Å²) in [7, 11) is 0. The Hall–Kier alpha value is -0.840. The van der Waals surface area contributed by atoms with Gasteiger partial charge in [-0.1, -0.05) is 39.5 Å². The van der Waals surface area contributed by atoms with Gasteiger partial charge in [0.05, 0.1) is 5.25 Å². The molecule has 4 nitrogen and oxygen atoms in total. The number of likely N-dealkylation sites (tertiary alicyclic amines) is 1. The molecule has 1 heterocycles. The first kappa shape index (κ1) is 21.2. The molecule has 0 bridgehead atoms. The third-order valence-electron chi connectivity index (χ3n) is 4.37. The molecule has 1 fully saturated rings. The molecule has 0 aromatic carbocycles. The van der Waals surface area contributed by atoms with Gasteiger partial charge in [0.15, 0.2) is 0 Å². The van der Waals surface area contributed by atoms with Gasteiger partial charge >= 0.3 is 0 Å². The molecule has 0 spiro atoms. The van der Waals surface area contributed by atoms with Crippen LogP contribution in [0.4, 0.5) is 0 Å². The van der Waals surface area contributed by atoms with Crippen molar-refractivity contribution in [1.82, 2.24) is 4.90 Å². The van der Waals surface area contributed by atoms with E-state index in [1.807, 2.05) is 0 Å². The van der Waals surface area contributed by atoms with Crippen molar-refractivity contribution in [2.75, 3.05) is 12.3 Å². The summed E-state index contributed by atoms with van der Waals surface area (Å²) < 4.78 is 0. The van der Waals surface area contributed by atoms with Crippen LogP contribution in [0.15, 0.2) is 0 Å². The molecule has 0 aromatic rings. The van der Waals surface area contributed by atoms with Crippen molar-refractivity contribution >= 4 is 29.4 Å². The van der Waals surface area contributed by atoms with Crippen molar-refractivity contribution in [2.45, 2.75) is 89.7 Å². The lowest BCUT2D eigenvalue weighted by Gasteiger charge is -2.14. The number of hydrogen-bond acceptors (Lipinski definition) is 4. The maximum atomic E-state index is 12.2. The van der Waals surface area contributed by atoms with Gasteiger partial charge in [-0.25, -0.2) is 0 Å². The largest absolute Gasteiger partial charge is 0.300 e. The number of nitrogens with zero attached hydrogens (tertiary/aromatic N) is 1. The lowest BCUT2D eigenvalue weighted by molar-refractivity contribution is -0.138. The maximum absolute atomic E-state index is 12.2. The lowest BCUT2D eigenvalue weighted by atomic mass is 10.1. The minimum atomic E-state index is -0.165. The number of imide groups is 1. The van der Waals surface area contributed by atoms with Gasteiger partial charge in [0.2, 0.25) is 11.8 Å². The van der Waals surface area contributed by atoms with E-state index in [1.165, 1.54) is 17.7 Å². The fourth-order valence-electron chi connectivity index (χ4n) is 2.92. The second kappa shape index (κ2) is 12.5. The van der Waals surface area contributed by atoms with Crippen LogP contribution < -0.4 is 0 Å². The highest BCUT2D eigenvalue weighted by Gasteiger charge is 2.37. The Morgan fingerprint density at radius 1 is 1.00 bits per heavy atom. The standard InChI is InChI=1S/C19H33NO3S/c1-3-5-6-8-11-16(21)12-9-7-10-13-20-18(22)15-17(19(20)23)24-14-4-2/h17H,3-15H2,1-2H3. The van der Waals surface area contributed by atoms with E-state index < -0.39 is 0 Å². The van der Waals surface area contributed by atoms with Gasteiger partial charge in [-0.3, -0.25) is 19.3 Å². The molecule has 1 saturated heterocycles. The van der Waals surface area contributed by atoms with Crippen molar-refractivity contribution in [3.63, 3.8) is 0 Å². The summed E-state index contributed by atoms with van der Waals surface area (Å²) in [5, 5.41) is -0.165. The molecular weight excluding hydrogens is 322 g/mol.